The molecule has 0 atom stereocenters. The number of nitrogens with one attached hydrogen (secondary N) is 1. The van der Waals surface area contributed by atoms with E-state index in [2.05, 4.69) is 5.32 Å². The molecule has 19 heavy (non-hydrogen) atoms. The van der Waals surface area contributed by atoms with Crippen LogP contribution in [0.25, 0.3) is 0 Å². The summed E-state index contributed by atoms with van der Waals surface area (Å²) in [7, 11) is 1.43. The Bertz CT molecular complexity index is 528. The number of aryl methyl sites for hydroxylation is 1. The highest BCUT2D eigenvalue weighted by molar-refractivity contribution is 5.94. The Hall–Kier alpha value is -2.57. The summed E-state index contributed by atoms with van der Waals surface area (Å²) in [6.45, 7) is 1.43. The van der Waals surface area contributed by atoms with Crippen LogP contribution in [0.4, 0.5) is 10.5 Å². The van der Waals surface area contributed by atoms with Gasteiger partial charge in [0.25, 0.3) is 0 Å². The molecule has 0 bridgehead atoms. The van der Waals surface area contributed by atoms with E-state index >= 15 is 0 Å². The van der Waals surface area contributed by atoms with E-state index in [1.807, 2.05) is 0 Å². The lowest BCUT2D eigenvalue weighted by Crippen LogP contribution is -2.38. The zero-order chi connectivity index (χ0) is 14.6. The van der Waals surface area contributed by atoms with Gasteiger partial charge in [0.15, 0.2) is 0 Å². The molecule has 7 nitrogen and oxygen atoms in total. The molecule has 0 aliphatic carbocycles. The number of rotatable bonds is 4. The highest BCUT2D eigenvalue weighted by Gasteiger charge is 2.12. The lowest BCUT2D eigenvalue weighted by Gasteiger charge is -2.16. The van der Waals surface area contributed by atoms with Gasteiger partial charge < -0.3 is 21.1 Å². The Morgan fingerprint density at radius 2 is 2.00 bits per heavy atom. The molecule has 0 radical (unpaired) electrons. The Morgan fingerprint density at radius 1 is 1.37 bits per heavy atom. The number of carboxylic acid groups (broad SMARTS) is 1. The van der Waals surface area contributed by atoms with Crippen molar-refractivity contribution < 1.29 is 19.5 Å². The Labute approximate surface area is 110 Å². The molecule has 0 heterocycles. The minimum atomic E-state index is -1.03. The second-order valence-corrected chi connectivity index (χ2v) is 4.09. The van der Waals surface area contributed by atoms with Gasteiger partial charge in [-0.15, -0.1) is 0 Å². The van der Waals surface area contributed by atoms with Crippen molar-refractivity contribution in [2.24, 2.45) is 5.73 Å². The molecular formula is C12H15N3O4. The second kappa shape index (κ2) is 5.85. The molecule has 4 N–H and O–H groups in total. The van der Waals surface area contributed by atoms with Crippen molar-refractivity contribution in [1.29, 1.82) is 0 Å². The van der Waals surface area contributed by atoms with Crippen LogP contribution in [0.1, 0.15) is 15.9 Å². The van der Waals surface area contributed by atoms with Crippen molar-refractivity contribution in [3.05, 3.63) is 29.3 Å². The number of aromatic carboxylic acids is 1. The summed E-state index contributed by atoms with van der Waals surface area (Å²) in [5.41, 5.74) is 6.12. The first-order valence-corrected chi connectivity index (χ1v) is 5.45. The van der Waals surface area contributed by atoms with E-state index < -0.39 is 17.9 Å². The number of carbonyl (C=O) groups excluding carboxylic acids is 2. The predicted molar refractivity (Wildman–Crippen MR) is 69.0 cm³/mol. The molecule has 1 aromatic carbocycles. The SMILES string of the molecule is Cc1cc(NC(=O)N(C)CC(N)=O)ccc1C(=O)O. The monoisotopic (exact) mass is 265 g/mol. The van der Waals surface area contributed by atoms with Crippen molar-refractivity contribution in [2.75, 3.05) is 18.9 Å². The molecular weight excluding hydrogens is 250 g/mol. The van der Waals surface area contributed by atoms with Gasteiger partial charge in [-0.05, 0) is 30.7 Å². The number of benzene rings is 1. The van der Waals surface area contributed by atoms with Crippen LogP contribution in [0.2, 0.25) is 0 Å². The minimum Gasteiger partial charge on any atom is -0.478 e. The largest absolute Gasteiger partial charge is 0.478 e. The number of hydrogen-bond acceptors (Lipinski definition) is 3. The summed E-state index contributed by atoms with van der Waals surface area (Å²) in [4.78, 5) is 34.3. The molecule has 0 saturated heterocycles. The highest BCUT2D eigenvalue weighted by Crippen LogP contribution is 2.15. The fourth-order valence-electron chi connectivity index (χ4n) is 1.51. The zero-order valence-corrected chi connectivity index (χ0v) is 10.6. The van der Waals surface area contributed by atoms with Crippen LogP contribution >= 0.6 is 0 Å². The number of urea groups is 1. The molecule has 7 heteroatoms. The quantitative estimate of drug-likeness (QED) is 0.741. The number of nitrogens with two attached hydrogens (primary N) is 1. The van der Waals surface area contributed by atoms with Gasteiger partial charge in [-0.1, -0.05) is 0 Å². The van der Waals surface area contributed by atoms with E-state index in [-0.39, 0.29) is 12.1 Å². The number of carbonyl (C=O) groups is 3. The number of likely N-dealkylation sites (N-methyl/N-ethyl adjacent to an activating group) is 1. The van der Waals surface area contributed by atoms with Gasteiger partial charge in [-0.25, -0.2) is 9.59 Å². The van der Waals surface area contributed by atoms with Gasteiger partial charge in [0.2, 0.25) is 5.91 Å². The molecule has 1 rings (SSSR count). The van der Waals surface area contributed by atoms with Gasteiger partial charge in [0.1, 0.15) is 6.54 Å². The fraction of sp³-hybridized carbons (Fsp3) is 0.250. The van der Waals surface area contributed by atoms with Gasteiger partial charge in [0.05, 0.1) is 5.56 Å². The van der Waals surface area contributed by atoms with Crippen LogP contribution in [0.15, 0.2) is 18.2 Å². The summed E-state index contributed by atoms with van der Waals surface area (Å²) in [6.07, 6.45) is 0. The number of nitrogens with zero attached hydrogens (tertiary/aromatic N) is 1. The first kappa shape index (κ1) is 14.5. The third-order valence-electron chi connectivity index (χ3n) is 2.45. The first-order valence-electron chi connectivity index (χ1n) is 5.45. The average Bonchev–Trinajstić information content (AvgIpc) is 2.27. The minimum absolute atomic E-state index is 0.170. The Morgan fingerprint density at radius 3 is 2.47 bits per heavy atom. The summed E-state index contributed by atoms with van der Waals surface area (Å²) in [5, 5.41) is 11.4. The number of anilines is 1. The number of hydrogen-bond donors (Lipinski definition) is 3. The van der Waals surface area contributed by atoms with Crippen LogP contribution in [-0.4, -0.2) is 41.5 Å². The van der Waals surface area contributed by atoms with Crippen molar-refractivity contribution in [3.63, 3.8) is 0 Å². The maximum Gasteiger partial charge on any atom is 0.335 e. The van der Waals surface area contributed by atoms with Gasteiger partial charge >= 0.3 is 12.0 Å². The molecule has 0 spiro atoms. The summed E-state index contributed by atoms with van der Waals surface area (Å²) in [6, 6.07) is 3.93. The topological polar surface area (TPSA) is 113 Å². The van der Waals surface area contributed by atoms with Crippen molar-refractivity contribution >= 4 is 23.6 Å². The molecule has 0 fully saturated rings. The van der Waals surface area contributed by atoms with E-state index in [9.17, 15) is 14.4 Å². The zero-order valence-electron chi connectivity index (χ0n) is 10.6. The van der Waals surface area contributed by atoms with Crippen LogP contribution in [0.3, 0.4) is 0 Å². The average molecular weight is 265 g/mol. The summed E-state index contributed by atoms with van der Waals surface area (Å²) < 4.78 is 0. The van der Waals surface area contributed by atoms with E-state index in [1.54, 1.807) is 13.0 Å². The van der Waals surface area contributed by atoms with Gasteiger partial charge in [-0.2, -0.15) is 0 Å². The number of carboxylic acids is 1. The van der Waals surface area contributed by atoms with E-state index in [4.69, 9.17) is 10.8 Å². The Kier molecular flexibility index (Phi) is 4.46. The van der Waals surface area contributed by atoms with E-state index in [1.165, 1.54) is 19.2 Å². The first-order chi connectivity index (χ1) is 8.81. The van der Waals surface area contributed by atoms with Crippen molar-refractivity contribution in [3.8, 4) is 0 Å². The third kappa shape index (κ3) is 3.98. The Balaban J connectivity index is 2.78. The number of primary amides is 1. The molecule has 0 aliphatic heterocycles. The highest BCUT2D eigenvalue weighted by atomic mass is 16.4. The van der Waals surface area contributed by atoms with Crippen LogP contribution in [-0.2, 0) is 4.79 Å². The molecule has 0 unspecified atom stereocenters. The van der Waals surface area contributed by atoms with Crippen LogP contribution < -0.4 is 11.1 Å². The van der Waals surface area contributed by atoms with E-state index in [0.29, 0.717) is 11.3 Å². The van der Waals surface area contributed by atoms with Crippen LogP contribution in [0.5, 0.6) is 0 Å². The molecule has 0 aromatic heterocycles. The standard InChI is InChI=1S/C12H15N3O4/c1-7-5-8(3-4-9(7)11(17)18)14-12(19)15(2)6-10(13)16/h3-5H,6H2,1-2H3,(H2,13,16)(H,14,19)(H,17,18). The predicted octanol–water partition coefficient (Wildman–Crippen LogP) is 0.642. The van der Waals surface area contributed by atoms with Gasteiger partial charge in [-0.3, -0.25) is 4.79 Å². The summed E-state index contributed by atoms with van der Waals surface area (Å²) >= 11 is 0. The maximum absolute atomic E-state index is 11.7. The smallest absolute Gasteiger partial charge is 0.335 e. The van der Waals surface area contributed by atoms with Gasteiger partial charge in [0, 0.05) is 12.7 Å². The summed E-state index contributed by atoms with van der Waals surface area (Å²) in [5.74, 6) is -1.64. The lowest BCUT2D eigenvalue weighted by molar-refractivity contribution is -0.118. The second-order valence-electron chi connectivity index (χ2n) is 4.09. The maximum atomic E-state index is 11.7. The molecule has 1 aromatic rings. The number of amides is 3. The van der Waals surface area contributed by atoms with E-state index in [0.717, 1.165) is 4.90 Å². The molecule has 0 aliphatic rings. The van der Waals surface area contributed by atoms with Crippen LogP contribution in [0, 0.1) is 6.92 Å². The third-order valence-corrected chi connectivity index (χ3v) is 2.45. The molecule has 3 amide bonds. The fourth-order valence-corrected chi connectivity index (χ4v) is 1.51. The van der Waals surface area contributed by atoms with Crippen molar-refractivity contribution in [2.45, 2.75) is 6.92 Å². The normalized spacial score (nSPS) is 9.79. The molecule has 102 valence electrons. The van der Waals surface area contributed by atoms with Crippen molar-refractivity contribution in [1.82, 2.24) is 4.90 Å². The lowest BCUT2D eigenvalue weighted by atomic mass is 10.1. The molecule has 0 saturated carbocycles.